The van der Waals surface area contributed by atoms with Crippen LogP contribution in [-0.4, -0.2) is 48.7 Å². The van der Waals surface area contributed by atoms with Gasteiger partial charge in [-0.05, 0) is 151 Å². The first-order chi connectivity index (χ1) is 35.4. The molecular formula is C58H56ClN9O6. The van der Waals surface area contributed by atoms with E-state index in [1.165, 1.54) is 6.08 Å². The van der Waals surface area contributed by atoms with Crippen LogP contribution in [0.15, 0.2) is 183 Å². The summed E-state index contributed by atoms with van der Waals surface area (Å²) in [5, 5.41) is 2.25. The molecule has 0 fully saturated rings. The molecule has 6 aromatic carbocycles. The SMILES string of the molecule is C.C=CC(=O)Cl.C=CC(=O)Nc1ccc(C2CCCn3c2nc(-c2ccc(Oc4ccccc4)cc2)c3C(N)=O)cc1.NC(=O)c1c(-c2ccc(Oc3ccccc3)cc2)nc2n1NCCC2c1ccc(N)cc1. The number of nitrogens with zero attached hydrogens (tertiary/aromatic N) is 4. The first kappa shape index (κ1) is 52.6. The minimum atomic E-state index is -0.534. The van der Waals surface area contributed by atoms with Gasteiger partial charge in [0.15, 0.2) is 5.69 Å². The summed E-state index contributed by atoms with van der Waals surface area (Å²) in [7, 11) is 0. The maximum Gasteiger partial charge on any atom is 0.269 e. The number of hydrogen-bond acceptors (Lipinski definition) is 10. The highest BCUT2D eigenvalue weighted by atomic mass is 35.5. The lowest BCUT2D eigenvalue weighted by atomic mass is 9.91. The zero-order valence-electron chi connectivity index (χ0n) is 39.6. The van der Waals surface area contributed by atoms with Crippen LogP contribution in [0.2, 0.25) is 0 Å². The highest BCUT2D eigenvalue weighted by Gasteiger charge is 2.32. The van der Waals surface area contributed by atoms with Crippen molar-refractivity contribution in [1.29, 1.82) is 0 Å². The molecule has 8 aromatic rings. The van der Waals surface area contributed by atoms with Gasteiger partial charge in [0.05, 0.1) is 0 Å². The van der Waals surface area contributed by atoms with Gasteiger partial charge in [0.1, 0.15) is 51.7 Å². The van der Waals surface area contributed by atoms with E-state index in [0.717, 1.165) is 70.7 Å². The predicted molar refractivity (Wildman–Crippen MR) is 291 cm³/mol. The van der Waals surface area contributed by atoms with Crippen molar-refractivity contribution in [1.82, 2.24) is 19.2 Å². The van der Waals surface area contributed by atoms with Crippen LogP contribution in [0.25, 0.3) is 22.5 Å². The Hall–Kier alpha value is -9.21. The Bertz CT molecular complexity index is 3250. The molecule has 15 nitrogen and oxygen atoms in total. The van der Waals surface area contributed by atoms with Gasteiger partial charge in [-0.25, -0.2) is 14.6 Å². The minimum Gasteiger partial charge on any atom is -0.457 e. The first-order valence-corrected chi connectivity index (χ1v) is 23.7. The van der Waals surface area contributed by atoms with Crippen molar-refractivity contribution >= 4 is 45.9 Å². The third kappa shape index (κ3) is 12.4. The summed E-state index contributed by atoms with van der Waals surface area (Å²) in [6, 6.07) is 49.6. The maximum atomic E-state index is 12.5. The van der Waals surface area contributed by atoms with Gasteiger partial charge in [-0.2, -0.15) is 0 Å². The summed E-state index contributed by atoms with van der Waals surface area (Å²) in [6.45, 7) is 7.93. The van der Waals surface area contributed by atoms with Gasteiger partial charge in [-0.15, -0.1) is 0 Å². The number of hydrogen-bond donors (Lipinski definition) is 5. The third-order valence-electron chi connectivity index (χ3n) is 12.0. The Labute approximate surface area is 434 Å². The summed E-state index contributed by atoms with van der Waals surface area (Å²) in [4.78, 5) is 55.8. The highest BCUT2D eigenvalue weighted by Crippen LogP contribution is 2.39. The third-order valence-corrected chi connectivity index (χ3v) is 12.2. The number of para-hydroxylation sites is 2. The molecule has 2 aliphatic rings. The van der Waals surface area contributed by atoms with Gasteiger partial charge >= 0.3 is 0 Å². The number of halogens is 1. The molecule has 376 valence electrons. The van der Waals surface area contributed by atoms with E-state index in [2.05, 4.69) is 23.9 Å². The van der Waals surface area contributed by atoms with Crippen LogP contribution < -0.4 is 37.4 Å². The normalized spacial score (nSPS) is 14.0. The van der Waals surface area contributed by atoms with Crippen molar-refractivity contribution in [2.24, 2.45) is 11.5 Å². The van der Waals surface area contributed by atoms with Crippen LogP contribution in [0.3, 0.4) is 0 Å². The molecule has 4 heterocycles. The molecule has 8 N–H and O–H groups in total. The number of fused-ring (bicyclic) bond motifs is 2. The van der Waals surface area contributed by atoms with Crippen molar-refractivity contribution < 1.29 is 28.7 Å². The number of nitrogens with two attached hydrogens (primary N) is 3. The average Bonchev–Trinajstić information content (AvgIpc) is 4.01. The standard InChI is InChI=1S/C29H26N4O3.C25H23N5O2.C3H3ClO.CH4/c1-2-25(34)31-21-14-10-19(11-15-21)24-9-6-18-33-27(28(30)35)26(32-29(24)33)20-12-16-23(17-13-20)36-22-7-4-3-5-8-22;26-18-10-6-16(7-11-18)21-14-15-28-30-23(24(27)31)22(29-25(21)30)17-8-12-20(13-9-17)32-19-4-2-1-3-5-19;1-2-3(4)5;/h2-5,7-8,10-17,24H,1,6,9,18H2,(H2,30,35)(H,31,34);1-13,21,28H,14-15,26H2,(H2,27,31);2H,1H2;1H4. The van der Waals surface area contributed by atoms with Crippen LogP contribution >= 0.6 is 11.6 Å². The average molecular weight is 1010 g/mol. The number of nitrogen functional groups attached to an aromatic ring is 1. The van der Waals surface area contributed by atoms with E-state index in [1.54, 1.807) is 4.68 Å². The Morgan fingerprint density at radius 3 is 1.57 bits per heavy atom. The fraction of sp³-hybridized carbons (Fsp3) is 0.138. The topological polar surface area (TPSA) is 224 Å². The van der Waals surface area contributed by atoms with E-state index in [0.29, 0.717) is 58.7 Å². The van der Waals surface area contributed by atoms with Gasteiger partial charge in [-0.1, -0.05) is 81.2 Å². The molecular weight excluding hydrogens is 954 g/mol. The number of carbonyl (C=O) groups excluding carboxylic acids is 4. The lowest BCUT2D eigenvalue weighted by molar-refractivity contribution is -0.112. The minimum absolute atomic E-state index is 0. The molecule has 2 aliphatic heterocycles. The summed E-state index contributed by atoms with van der Waals surface area (Å²) in [5.41, 5.74) is 27.8. The number of ether oxygens (including phenoxy) is 2. The molecule has 74 heavy (non-hydrogen) atoms. The zero-order valence-corrected chi connectivity index (χ0v) is 40.4. The molecule has 2 unspecified atom stereocenters. The van der Waals surface area contributed by atoms with Crippen molar-refractivity contribution in [3.8, 4) is 45.5 Å². The van der Waals surface area contributed by atoms with Crippen LogP contribution in [0, 0.1) is 0 Å². The van der Waals surface area contributed by atoms with E-state index in [1.807, 2.05) is 162 Å². The molecule has 0 radical (unpaired) electrons. The number of imidazole rings is 2. The number of benzene rings is 6. The van der Waals surface area contributed by atoms with Crippen molar-refractivity contribution in [2.45, 2.75) is 45.1 Å². The molecule has 3 amide bonds. The fourth-order valence-electron chi connectivity index (χ4n) is 8.67. The molecule has 2 aromatic heterocycles. The number of primary amides is 2. The molecule has 0 saturated heterocycles. The van der Waals surface area contributed by atoms with E-state index >= 15 is 0 Å². The van der Waals surface area contributed by atoms with Gasteiger partial charge in [0.2, 0.25) is 11.1 Å². The van der Waals surface area contributed by atoms with Crippen LogP contribution in [-0.2, 0) is 16.1 Å². The predicted octanol–water partition coefficient (Wildman–Crippen LogP) is 11.2. The number of aromatic nitrogens is 4. The van der Waals surface area contributed by atoms with E-state index in [4.69, 9.17) is 48.2 Å². The monoisotopic (exact) mass is 1010 g/mol. The van der Waals surface area contributed by atoms with E-state index in [9.17, 15) is 19.2 Å². The van der Waals surface area contributed by atoms with Crippen molar-refractivity contribution in [3.63, 3.8) is 0 Å². The molecule has 0 bridgehead atoms. The molecule has 0 aliphatic carbocycles. The first-order valence-electron chi connectivity index (χ1n) is 23.3. The highest BCUT2D eigenvalue weighted by molar-refractivity contribution is 6.66. The zero-order chi connectivity index (χ0) is 51.4. The summed E-state index contributed by atoms with van der Waals surface area (Å²) >= 11 is 4.71. The molecule has 10 rings (SSSR count). The van der Waals surface area contributed by atoms with Crippen LogP contribution in [0.5, 0.6) is 23.0 Å². The summed E-state index contributed by atoms with van der Waals surface area (Å²) in [5.74, 6) is 3.21. The second-order valence-electron chi connectivity index (χ2n) is 16.9. The van der Waals surface area contributed by atoms with Gasteiger partial charge < -0.3 is 42.0 Å². The molecule has 2 atom stereocenters. The number of nitrogens with one attached hydrogen (secondary N) is 2. The fourth-order valence-corrected chi connectivity index (χ4v) is 8.67. The quantitative estimate of drug-likeness (QED) is 0.0417. The Balaban J connectivity index is 0.000000197. The number of anilines is 2. The second kappa shape index (κ2) is 24.3. The van der Waals surface area contributed by atoms with Crippen molar-refractivity contribution in [3.05, 3.63) is 217 Å². The van der Waals surface area contributed by atoms with E-state index < -0.39 is 17.1 Å². The lowest BCUT2D eigenvalue weighted by Gasteiger charge is -2.26. The van der Waals surface area contributed by atoms with Crippen LogP contribution in [0.1, 0.15) is 82.3 Å². The Kier molecular flexibility index (Phi) is 17.3. The number of amides is 3. The molecule has 16 heteroatoms. The lowest BCUT2D eigenvalue weighted by Crippen LogP contribution is -2.32. The second-order valence-corrected chi connectivity index (χ2v) is 17.2. The Morgan fingerprint density at radius 2 is 1.08 bits per heavy atom. The van der Waals surface area contributed by atoms with Gasteiger partial charge in [0.25, 0.3) is 11.8 Å². The van der Waals surface area contributed by atoms with Crippen LogP contribution in [0.4, 0.5) is 11.4 Å². The van der Waals surface area contributed by atoms with E-state index in [-0.39, 0.29) is 25.2 Å². The smallest absolute Gasteiger partial charge is 0.269 e. The molecule has 0 saturated carbocycles. The summed E-state index contributed by atoms with van der Waals surface area (Å²) < 4.78 is 15.5. The van der Waals surface area contributed by atoms with Crippen molar-refractivity contribution in [2.75, 3.05) is 23.0 Å². The number of allylic oxidation sites excluding steroid dienone is 1. The van der Waals surface area contributed by atoms with Gasteiger partial charge in [0, 0.05) is 47.4 Å². The summed E-state index contributed by atoms with van der Waals surface area (Å²) in [6.07, 6.45) is 4.92. The molecule has 0 spiro atoms. The Morgan fingerprint density at radius 1 is 0.622 bits per heavy atom. The largest absolute Gasteiger partial charge is 0.457 e. The number of rotatable bonds is 13. The van der Waals surface area contributed by atoms with Gasteiger partial charge in [-0.3, -0.25) is 19.2 Å². The number of carbonyl (C=O) groups is 4. The maximum absolute atomic E-state index is 12.5.